The largest absolute Gasteiger partial charge is 0.225 e. The Hall–Kier alpha value is -1.47. The first-order valence-corrected chi connectivity index (χ1v) is 3.99. The maximum atomic E-state index is 12.9. The standard InChI is InChI=1S/C8H3FN2S/c1-2-5-3-6-7(9)10-4-11-8(6)12-5/h1,3-4H. The minimum Gasteiger partial charge on any atom is -0.225 e. The van der Waals surface area contributed by atoms with Crippen molar-refractivity contribution < 1.29 is 4.39 Å². The molecule has 58 valence electrons. The molecule has 2 aromatic rings. The summed E-state index contributed by atoms with van der Waals surface area (Å²) >= 11 is 1.28. The first-order chi connectivity index (χ1) is 5.81. The summed E-state index contributed by atoms with van der Waals surface area (Å²) < 4.78 is 12.9. The van der Waals surface area contributed by atoms with Crippen molar-refractivity contribution in [3.63, 3.8) is 0 Å². The van der Waals surface area contributed by atoms with E-state index in [0.717, 1.165) is 0 Å². The third-order valence-electron chi connectivity index (χ3n) is 1.42. The molecule has 0 aliphatic rings. The molecule has 2 rings (SSSR count). The molecule has 0 aliphatic heterocycles. The third-order valence-corrected chi connectivity index (χ3v) is 2.40. The molecule has 0 atom stereocenters. The first kappa shape index (κ1) is 7.19. The highest BCUT2D eigenvalue weighted by Gasteiger charge is 2.05. The van der Waals surface area contributed by atoms with Gasteiger partial charge in [0.05, 0.1) is 10.3 Å². The molecule has 0 N–H and O–H groups in total. The van der Waals surface area contributed by atoms with Gasteiger partial charge >= 0.3 is 0 Å². The van der Waals surface area contributed by atoms with Gasteiger partial charge in [-0.3, -0.25) is 0 Å². The van der Waals surface area contributed by atoms with Crippen molar-refractivity contribution in [2.75, 3.05) is 0 Å². The lowest BCUT2D eigenvalue weighted by Crippen LogP contribution is -1.82. The van der Waals surface area contributed by atoms with E-state index in [1.807, 2.05) is 0 Å². The zero-order valence-electron chi connectivity index (χ0n) is 5.91. The minimum absolute atomic E-state index is 0.399. The van der Waals surface area contributed by atoms with Crippen molar-refractivity contribution >= 4 is 21.6 Å². The van der Waals surface area contributed by atoms with Crippen LogP contribution in [0, 0.1) is 18.3 Å². The minimum atomic E-state index is -0.516. The van der Waals surface area contributed by atoms with Crippen LogP contribution in [0.25, 0.3) is 10.2 Å². The van der Waals surface area contributed by atoms with Crippen LogP contribution in [-0.4, -0.2) is 9.97 Å². The Balaban J connectivity index is 2.85. The molecule has 2 heterocycles. The fourth-order valence-electron chi connectivity index (χ4n) is 0.898. The molecule has 0 aromatic carbocycles. The van der Waals surface area contributed by atoms with E-state index in [9.17, 15) is 4.39 Å². The van der Waals surface area contributed by atoms with Crippen molar-refractivity contribution in [3.8, 4) is 12.3 Å². The van der Waals surface area contributed by atoms with Crippen molar-refractivity contribution in [1.29, 1.82) is 0 Å². The topological polar surface area (TPSA) is 25.8 Å². The third kappa shape index (κ3) is 0.953. The van der Waals surface area contributed by atoms with Crippen molar-refractivity contribution in [3.05, 3.63) is 23.2 Å². The number of nitrogens with zero attached hydrogens (tertiary/aromatic N) is 2. The second-order valence-corrected chi connectivity index (χ2v) is 3.17. The number of aromatic nitrogens is 2. The van der Waals surface area contributed by atoms with Crippen molar-refractivity contribution in [2.45, 2.75) is 0 Å². The van der Waals surface area contributed by atoms with Gasteiger partial charge in [-0.25, -0.2) is 9.97 Å². The molecule has 2 nitrogen and oxygen atoms in total. The van der Waals surface area contributed by atoms with Crippen LogP contribution in [0.1, 0.15) is 4.88 Å². The van der Waals surface area contributed by atoms with Gasteiger partial charge in [-0.1, -0.05) is 5.92 Å². The van der Waals surface area contributed by atoms with Crippen LogP contribution >= 0.6 is 11.3 Å². The molecular formula is C8H3FN2S. The highest BCUT2D eigenvalue weighted by atomic mass is 32.1. The van der Waals surface area contributed by atoms with E-state index in [4.69, 9.17) is 6.42 Å². The van der Waals surface area contributed by atoms with Crippen LogP contribution in [0.5, 0.6) is 0 Å². The van der Waals surface area contributed by atoms with E-state index in [1.165, 1.54) is 17.7 Å². The average Bonchev–Trinajstić information content (AvgIpc) is 2.49. The van der Waals surface area contributed by atoms with E-state index < -0.39 is 5.95 Å². The summed E-state index contributed by atoms with van der Waals surface area (Å²) in [5.74, 6) is 1.91. The zero-order chi connectivity index (χ0) is 8.55. The monoisotopic (exact) mass is 178 g/mol. The van der Waals surface area contributed by atoms with Gasteiger partial charge in [-0.2, -0.15) is 4.39 Å². The quantitative estimate of drug-likeness (QED) is 0.454. The fourth-order valence-corrected chi connectivity index (χ4v) is 1.69. The lowest BCUT2D eigenvalue weighted by atomic mass is 10.4. The smallest absolute Gasteiger partial charge is 0.224 e. The Labute approximate surface area is 72.1 Å². The number of fused-ring (bicyclic) bond motifs is 1. The maximum absolute atomic E-state index is 12.9. The number of hydrogen-bond donors (Lipinski definition) is 0. The Morgan fingerprint density at radius 1 is 1.50 bits per heavy atom. The number of terminal acetylenes is 1. The second kappa shape index (κ2) is 2.54. The summed E-state index contributed by atoms with van der Waals surface area (Å²) in [6, 6.07) is 1.58. The van der Waals surface area contributed by atoms with Crippen LogP contribution in [-0.2, 0) is 0 Å². The lowest BCUT2D eigenvalue weighted by Gasteiger charge is -1.86. The van der Waals surface area contributed by atoms with E-state index in [-0.39, 0.29) is 0 Å². The predicted molar refractivity (Wildman–Crippen MR) is 45.3 cm³/mol. The van der Waals surface area contributed by atoms with Crippen molar-refractivity contribution in [1.82, 2.24) is 9.97 Å². The van der Waals surface area contributed by atoms with Gasteiger partial charge in [0.2, 0.25) is 5.95 Å². The summed E-state index contributed by atoms with van der Waals surface area (Å²) in [6.45, 7) is 0. The van der Waals surface area contributed by atoms with Gasteiger partial charge in [0.1, 0.15) is 11.2 Å². The molecule has 0 radical (unpaired) electrons. The van der Waals surface area contributed by atoms with Gasteiger partial charge in [-0.05, 0) is 6.07 Å². The van der Waals surface area contributed by atoms with E-state index in [2.05, 4.69) is 15.9 Å². The van der Waals surface area contributed by atoms with E-state index in [1.54, 1.807) is 6.07 Å². The fraction of sp³-hybridized carbons (Fsp3) is 0. The highest BCUT2D eigenvalue weighted by molar-refractivity contribution is 7.19. The molecule has 0 saturated carbocycles. The van der Waals surface area contributed by atoms with Gasteiger partial charge in [0, 0.05) is 0 Å². The molecule has 0 fully saturated rings. The summed E-state index contributed by atoms with van der Waals surface area (Å²) in [4.78, 5) is 8.56. The number of halogens is 1. The van der Waals surface area contributed by atoms with Crippen molar-refractivity contribution in [2.24, 2.45) is 0 Å². The Kier molecular flexibility index (Phi) is 1.52. The van der Waals surface area contributed by atoms with Gasteiger partial charge < -0.3 is 0 Å². The molecule has 0 amide bonds. The van der Waals surface area contributed by atoms with E-state index >= 15 is 0 Å². The maximum Gasteiger partial charge on any atom is 0.224 e. The molecule has 12 heavy (non-hydrogen) atoms. The van der Waals surface area contributed by atoms with Gasteiger partial charge in [0.25, 0.3) is 0 Å². The van der Waals surface area contributed by atoms with Crippen LogP contribution in [0.3, 0.4) is 0 Å². The molecule has 0 unspecified atom stereocenters. The average molecular weight is 178 g/mol. The molecule has 4 heteroatoms. The SMILES string of the molecule is C#Cc1cc2c(F)ncnc2s1. The normalized spacial score (nSPS) is 10.0. The summed E-state index contributed by atoms with van der Waals surface area (Å²) in [5, 5.41) is 0.399. The van der Waals surface area contributed by atoms with Crippen LogP contribution in [0.2, 0.25) is 0 Å². The zero-order valence-corrected chi connectivity index (χ0v) is 6.73. The predicted octanol–water partition coefficient (Wildman–Crippen LogP) is 1.81. The Bertz CT molecular complexity index is 469. The number of hydrogen-bond acceptors (Lipinski definition) is 3. The van der Waals surface area contributed by atoms with Crippen LogP contribution in [0.15, 0.2) is 12.4 Å². The Morgan fingerprint density at radius 3 is 3.00 bits per heavy atom. The highest BCUT2D eigenvalue weighted by Crippen LogP contribution is 2.23. The lowest BCUT2D eigenvalue weighted by molar-refractivity contribution is 0.594. The van der Waals surface area contributed by atoms with Gasteiger partial charge in [-0.15, -0.1) is 17.8 Å². The second-order valence-electron chi connectivity index (χ2n) is 2.14. The number of rotatable bonds is 0. The molecule has 0 aliphatic carbocycles. The molecule has 0 spiro atoms. The first-order valence-electron chi connectivity index (χ1n) is 3.18. The van der Waals surface area contributed by atoms with Crippen LogP contribution in [0.4, 0.5) is 4.39 Å². The number of thiophene rings is 1. The molecule has 0 bridgehead atoms. The Morgan fingerprint density at radius 2 is 2.33 bits per heavy atom. The summed E-state index contributed by atoms with van der Waals surface area (Å²) in [5.41, 5.74) is 0. The summed E-state index contributed by atoms with van der Waals surface area (Å²) in [6.07, 6.45) is 6.34. The molecule has 2 aromatic heterocycles. The van der Waals surface area contributed by atoms with Crippen LogP contribution < -0.4 is 0 Å². The van der Waals surface area contributed by atoms with E-state index in [0.29, 0.717) is 15.1 Å². The van der Waals surface area contributed by atoms with Gasteiger partial charge in [0.15, 0.2) is 0 Å². The molecule has 0 saturated heterocycles. The summed E-state index contributed by atoms with van der Waals surface area (Å²) in [7, 11) is 0. The molecular weight excluding hydrogens is 175 g/mol.